The molecule has 1 rings (SSSR count). The summed E-state index contributed by atoms with van der Waals surface area (Å²) in [4.78, 5) is 0. The molecule has 0 radical (unpaired) electrons. The Morgan fingerprint density at radius 2 is 2.21 bits per heavy atom. The van der Waals surface area contributed by atoms with Crippen LogP contribution in [0, 0.1) is 5.82 Å². The molecule has 0 aliphatic heterocycles. The van der Waals surface area contributed by atoms with Crippen molar-refractivity contribution in [2.45, 2.75) is 13.0 Å². The number of ether oxygens (including phenoxy) is 1. The fourth-order valence-corrected chi connectivity index (χ4v) is 1.43. The molecule has 0 aliphatic rings. The van der Waals surface area contributed by atoms with E-state index < -0.39 is 17.6 Å². The molecule has 0 saturated carbocycles. The lowest BCUT2D eigenvalue weighted by Gasteiger charge is -2.14. The quantitative estimate of drug-likeness (QED) is 0.802. The standard InChI is InChI=1S/C9H11ClFNO2/c1-4(12)5-3-6(11)8(13)7(10)9(5)14-2/h3-4,13H,12H2,1-2H3. The van der Waals surface area contributed by atoms with E-state index in [1.54, 1.807) is 6.92 Å². The molecule has 1 atom stereocenters. The van der Waals surface area contributed by atoms with E-state index in [0.29, 0.717) is 5.56 Å². The first-order valence-corrected chi connectivity index (χ1v) is 4.37. The summed E-state index contributed by atoms with van der Waals surface area (Å²) in [6.45, 7) is 1.67. The van der Waals surface area contributed by atoms with E-state index in [1.165, 1.54) is 7.11 Å². The maximum Gasteiger partial charge on any atom is 0.174 e. The van der Waals surface area contributed by atoms with Gasteiger partial charge in [-0.3, -0.25) is 0 Å². The SMILES string of the molecule is COc1c(C(C)N)cc(F)c(O)c1Cl. The summed E-state index contributed by atoms with van der Waals surface area (Å²) in [5, 5.41) is 9.04. The van der Waals surface area contributed by atoms with Crippen molar-refractivity contribution in [2.24, 2.45) is 5.73 Å². The largest absolute Gasteiger partial charge is 0.504 e. The second-order valence-electron chi connectivity index (χ2n) is 2.93. The third-order valence-electron chi connectivity index (χ3n) is 1.87. The number of rotatable bonds is 2. The first kappa shape index (κ1) is 11.1. The highest BCUT2D eigenvalue weighted by atomic mass is 35.5. The normalized spacial score (nSPS) is 12.6. The lowest BCUT2D eigenvalue weighted by Crippen LogP contribution is -2.08. The van der Waals surface area contributed by atoms with Gasteiger partial charge >= 0.3 is 0 Å². The van der Waals surface area contributed by atoms with Crippen LogP contribution in [0.15, 0.2) is 6.07 Å². The Bertz CT molecular complexity index is 355. The molecule has 1 unspecified atom stereocenters. The van der Waals surface area contributed by atoms with Gasteiger partial charge in [0.2, 0.25) is 0 Å². The number of phenols is 1. The summed E-state index contributed by atoms with van der Waals surface area (Å²) < 4.78 is 18.0. The van der Waals surface area contributed by atoms with Crippen LogP contribution in [0.3, 0.4) is 0 Å². The van der Waals surface area contributed by atoms with E-state index in [2.05, 4.69) is 0 Å². The second kappa shape index (κ2) is 4.02. The van der Waals surface area contributed by atoms with Crippen LogP contribution in [0.4, 0.5) is 4.39 Å². The zero-order valence-electron chi connectivity index (χ0n) is 7.84. The van der Waals surface area contributed by atoms with Crippen molar-refractivity contribution < 1.29 is 14.2 Å². The van der Waals surface area contributed by atoms with Gasteiger partial charge in [0.1, 0.15) is 10.8 Å². The molecule has 0 bridgehead atoms. The van der Waals surface area contributed by atoms with Crippen LogP contribution in [-0.4, -0.2) is 12.2 Å². The van der Waals surface area contributed by atoms with Gasteiger partial charge < -0.3 is 15.6 Å². The zero-order valence-corrected chi connectivity index (χ0v) is 8.60. The predicted octanol–water partition coefficient (Wildman–Crippen LogP) is 2.21. The van der Waals surface area contributed by atoms with E-state index in [-0.39, 0.29) is 10.8 Å². The fourth-order valence-electron chi connectivity index (χ4n) is 1.16. The number of methoxy groups -OCH3 is 1. The van der Waals surface area contributed by atoms with Crippen LogP contribution < -0.4 is 10.5 Å². The van der Waals surface area contributed by atoms with Gasteiger partial charge in [-0.1, -0.05) is 11.6 Å². The van der Waals surface area contributed by atoms with Crippen LogP contribution >= 0.6 is 11.6 Å². The summed E-state index contributed by atoms with van der Waals surface area (Å²) in [6, 6.07) is 0.697. The molecule has 0 amide bonds. The van der Waals surface area contributed by atoms with E-state index in [4.69, 9.17) is 22.1 Å². The van der Waals surface area contributed by atoms with Crippen LogP contribution in [0.1, 0.15) is 18.5 Å². The minimum atomic E-state index is -0.803. The molecule has 0 aliphatic carbocycles. The summed E-state index contributed by atoms with van der Waals surface area (Å²) in [5.74, 6) is -1.21. The Labute approximate surface area is 86.2 Å². The highest BCUT2D eigenvalue weighted by Gasteiger charge is 2.18. The van der Waals surface area contributed by atoms with Gasteiger partial charge in [0.05, 0.1) is 7.11 Å². The molecule has 0 fully saturated rings. The van der Waals surface area contributed by atoms with Crippen LogP contribution in [0.25, 0.3) is 0 Å². The average Bonchev–Trinajstić information content (AvgIpc) is 2.13. The molecule has 3 nitrogen and oxygen atoms in total. The number of hydrogen-bond donors (Lipinski definition) is 2. The maximum atomic E-state index is 13.1. The van der Waals surface area contributed by atoms with Crippen molar-refractivity contribution in [3.05, 3.63) is 22.5 Å². The maximum absolute atomic E-state index is 13.1. The summed E-state index contributed by atoms with van der Waals surface area (Å²) in [6.07, 6.45) is 0. The lowest BCUT2D eigenvalue weighted by molar-refractivity contribution is 0.390. The number of benzene rings is 1. The summed E-state index contributed by atoms with van der Waals surface area (Å²) in [7, 11) is 1.38. The third-order valence-corrected chi connectivity index (χ3v) is 2.22. The number of phenolic OH excluding ortho intramolecular Hbond substituents is 1. The van der Waals surface area contributed by atoms with Gasteiger partial charge in [0.25, 0.3) is 0 Å². The molecule has 0 aromatic heterocycles. The highest BCUT2D eigenvalue weighted by Crippen LogP contribution is 2.40. The lowest BCUT2D eigenvalue weighted by atomic mass is 10.1. The molecule has 1 aromatic rings. The summed E-state index contributed by atoms with van der Waals surface area (Å²) >= 11 is 5.68. The minimum Gasteiger partial charge on any atom is -0.504 e. The Kier molecular flexibility index (Phi) is 3.18. The van der Waals surface area contributed by atoms with E-state index >= 15 is 0 Å². The monoisotopic (exact) mass is 219 g/mol. The van der Waals surface area contributed by atoms with Crippen LogP contribution in [0.5, 0.6) is 11.5 Å². The Morgan fingerprint density at radius 3 is 2.64 bits per heavy atom. The van der Waals surface area contributed by atoms with Crippen LogP contribution in [0.2, 0.25) is 5.02 Å². The second-order valence-corrected chi connectivity index (χ2v) is 3.31. The highest BCUT2D eigenvalue weighted by molar-refractivity contribution is 6.33. The average molecular weight is 220 g/mol. The van der Waals surface area contributed by atoms with Crippen LogP contribution in [-0.2, 0) is 0 Å². The minimum absolute atomic E-state index is 0.153. The Morgan fingerprint density at radius 1 is 1.64 bits per heavy atom. The first-order valence-electron chi connectivity index (χ1n) is 3.99. The zero-order chi connectivity index (χ0) is 10.9. The number of aromatic hydroxyl groups is 1. The number of nitrogens with two attached hydrogens (primary N) is 1. The van der Waals surface area contributed by atoms with Gasteiger partial charge in [-0.15, -0.1) is 0 Å². The van der Waals surface area contributed by atoms with E-state index in [9.17, 15) is 9.50 Å². The molecule has 0 spiro atoms. The molecule has 14 heavy (non-hydrogen) atoms. The van der Waals surface area contributed by atoms with Gasteiger partial charge in [0.15, 0.2) is 11.6 Å². The molecule has 0 heterocycles. The van der Waals surface area contributed by atoms with E-state index in [1.807, 2.05) is 0 Å². The molecule has 1 aromatic carbocycles. The van der Waals surface area contributed by atoms with E-state index in [0.717, 1.165) is 6.07 Å². The topological polar surface area (TPSA) is 55.5 Å². The predicted molar refractivity (Wildman–Crippen MR) is 52.2 cm³/mol. The van der Waals surface area contributed by atoms with Crippen molar-refractivity contribution in [3.8, 4) is 11.5 Å². The third kappa shape index (κ3) is 1.76. The van der Waals surface area contributed by atoms with Crippen molar-refractivity contribution in [2.75, 3.05) is 7.11 Å². The van der Waals surface area contributed by atoms with Gasteiger partial charge in [-0.25, -0.2) is 4.39 Å². The van der Waals surface area contributed by atoms with Crippen molar-refractivity contribution in [3.63, 3.8) is 0 Å². The Hall–Kier alpha value is -1.00. The van der Waals surface area contributed by atoms with Crippen molar-refractivity contribution in [1.29, 1.82) is 0 Å². The summed E-state index contributed by atoms with van der Waals surface area (Å²) in [5.41, 5.74) is 6.01. The molecular formula is C9H11ClFNO2. The molecule has 0 saturated heterocycles. The molecular weight excluding hydrogens is 209 g/mol. The number of halogens is 2. The first-order chi connectivity index (χ1) is 6.49. The van der Waals surface area contributed by atoms with Crippen molar-refractivity contribution in [1.82, 2.24) is 0 Å². The van der Waals surface area contributed by atoms with Gasteiger partial charge in [0, 0.05) is 11.6 Å². The fraction of sp³-hybridized carbons (Fsp3) is 0.333. The molecule has 3 N–H and O–H groups in total. The van der Waals surface area contributed by atoms with Gasteiger partial charge in [-0.05, 0) is 13.0 Å². The Balaban J connectivity index is 3.43. The molecule has 78 valence electrons. The van der Waals surface area contributed by atoms with Gasteiger partial charge in [-0.2, -0.15) is 0 Å². The number of hydrogen-bond acceptors (Lipinski definition) is 3. The van der Waals surface area contributed by atoms with Crippen molar-refractivity contribution >= 4 is 11.6 Å². The molecule has 5 heteroatoms. The smallest absolute Gasteiger partial charge is 0.174 e.